The lowest BCUT2D eigenvalue weighted by atomic mass is 9.97. The molecule has 0 spiro atoms. The molecule has 1 aliphatic carbocycles. The van der Waals surface area contributed by atoms with Crippen molar-refractivity contribution in [3.8, 4) is 5.75 Å². The second-order valence-electron chi connectivity index (χ2n) is 8.51. The van der Waals surface area contributed by atoms with Crippen molar-refractivity contribution >= 4 is 30.0 Å². The summed E-state index contributed by atoms with van der Waals surface area (Å²) < 4.78 is 5.23. The van der Waals surface area contributed by atoms with Crippen molar-refractivity contribution in [2.45, 2.75) is 24.9 Å². The number of hydrogen-bond acceptors (Lipinski definition) is 5. The van der Waals surface area contributed by atoms with Crippen LogP contribution in [0.25, 0.3) is 12.2 Å². The van der Waals surface area contributed by atoms with Crippen LogP contribution in [-0.4, -0.2) is 46.9 Å². The molecule has 1 aromatic heterocycles. The molecule has 34 heavy (non-hydrogen) atoms. The van der Waals surface area contributed by atoms with Gasteiger partial charge in [-0.15, -0.1) is 0 Å². The standard InChI is InChI=1S/C26H24N4O4.H2/c1-34-20-10-9-19-15-30(23(31)21(19)14-20)16-26(24(32)28-25(33)29-26)11-3-6-17-5-2-8-22-18(13-17)7-4-12-27-22;/h3-5,7-14H,2,6,15-16H2,1H3,(H2,28,29,32,33);1H/b11-3-;/t26-;/m1./s1. The minimum atomic E-state index is -1.34. The third kappa shape index (κ3) is 3.98. The molecule has 8 heteroatoms. The van der Waals surface area contributed by atoms with Crippen LogP contribution in [0.5, 0.6) is 5.75 Å². The van der Waals surface area contributed by atoms with Crippen molar-refractivity contribution in [3.63, 3.8) is 0 Å². The smallest absolute Gasteiger partial charge is 0.322 e. The second-order valence-corrected chi connectivity index (χ2v) is 8.51. The summed E-state index contributed by atoms with van der Waals surface area (Å²) in [4.78, 5) is 43.9. The molecule has 1 aromatic carbocycles. The summed E-state index contributed by atoms with van der Waals surface area (Å²) in [6, 6.07) is 8.69. The van der Waals surface area contributed by atoms with Crippen molar-refractivity contribution in [2.24, 2.45) is 0 Å². The number of rotatable bonds is 6. The van der Waals surface area contributed by atoms with Crippen LogP contribution in [0.1, 0.15) is 30.2 Å². The van der Waals surface area contributed by atoms with E-state index in [1.807, 2.05) is 24.3 Å². The average Bonchev–Trinajstić information content (AvgIpc) is 3.18. The first-order chi connectivity index (χ1) is 16.5. The number of allylic oxidation sites excluding steroid dienone is 3. The molecule has 1 saturated heterocycles. The Bertz CT molecular complexity index is 1380. The minimum absolute atomic E-state index is 0. The largest absolute Gasteiger partial charge is 0.497 e. The van der Waals surface area contributed by atoms with Gasteiger partial charge in [-0.25, -0.2) is 4.79 Å². The van der Waals surface area contributed by atoms with E-state index >= 15 is 0 Å². The van der Waals surface area contributed by atoms with Crippen LogP contribution in [0.3, 0.4) is 0 Å². The van der Waals surface area contributed by atoms with E-state index in [-0.39, 0.29) is 13.9 Å². The van der Waals surface area contributed by atoms with Gasteiger partial charge in [0.2, 0.25) is 0 Å². The first-order valence-electron chi connectivity index (χ1n) is 11.1. The van der Waals surface area contributed by atoms with Crippen LogP contribution in [0.15, 0.2) is 60.3 Å². The van der Waals surface area contributed by atoms with E-state index in [0.717, 1.165) is 28.1 Å². The number of aromatic nitrogens is 1. The molecular formula is C26H26N4O4. The Kier molecular flexibility index (Phi) is 5.49. The zero-order valence-electron chi connectivity index (χ0n) is 18.7. The van der Waals surface area contributed by atoms with Crippen molar-refractivity contribution in [1.29, 1.82) is 0 Å². The zero-order valence-corrected chi connectivity index (χ0v) is 18.7. The van der Waals surface area contributed by atoms with Crippen LogP contribution in [-0.2, 0) is 11.3 Å². The fourth-order valence-electron chi connectivity index (χ4n) is 4.52. The molecule has 0 saturated carbocycles. The number of pyridine rings is 1. The molecule has 174 valence electrons. The fraction of sp³-hybridized carbons (Fsp3) is 0.231. The highest BCUT2D eigenvalue weighted by Gasteiger charge is 2.47. The van der Waals surface area contributed by atoms with Gasteiger partial charge in [0.25, 0.3) is 11.8 Å². The van der Waals surface area contributed by atoms with Crippen molar-refractivity contribution in [2.75, 3.05) is 13.7 Å². The maximum absolute atomic E-state index is 13.0. The first-order valence-corrected chi connectivity index (χ1v) is 11.1. The SMILES string of the molecule is COc1ccc2c(c1)C(=O)N(C[C@@]1(/C=C\CC3=CCC=c4ncccc4=C3)NC(=O)NC1=O)C2.[HH]. The topological polar surface area (TPSA) is 101 Å². The van der Waals surface area contributed by atoms with Gasteiger partial charge in [0, 0.05) is 25.0 Å². The summed E-state index contributed by atoms with van der Waals surface area (Å²) >= 11 is 0. The number of urea groups is 1. The summed E-state index contributed by atoms with van der Waals surface area (Å²) in [7, 11) is 1.55. The van der Waals surface area contributed by atoms with Gasteiger partial charge in [-0.05, 0) is 48.3 Å². The van der Waals surface area contributed by atoms with Crippen LogP contribution in [0.2, 0.25) is 0 Å². The van der Waals surface area contributed by atoms with Crippen LogP contribution in [0, 0.1) is 0 Å². The molecule has 4 amide bonds. The van der Waals surface area contributed by atoms with Gasteiger partial charge in [-0.3, -0.25) is 19.9 Å². The Labute approximate surface area is 197 Å². The number of hydrogen-bond donors (Lipinski definition) is 2. The Morgan fingerprint density at radius 1 is 1.24 bits per heavy atom. The fourth-order valence-corrected chi connectivity index (χ4v) is 4.52. The van der Waals surface area contributed by atoms with E-state index in [4.69, 9.17) is 4.74 Å². The van der Waals surface area contributed by atoms with Crippen molar-refractivity contribution in [3.05, 3.63) is 82.0 Å². The number of nitrogens with one attached hydrogen (secondary N) is 2. The summed E-state index contributed by atoms with van der Waals surface area (Å²) in [5.41, 5.74) is 1.15. The Morgan fingerprint density at radius 3 is 2.91 bits per heavy atom. The van der Waals surface area contributed by atoms with Crippen molar-refractivity contribution < 1.29 is 20.5 Å². The Balaban J connectivity index is 0.00000289. The molecule has 2 aliphatic heterocycles. The lowest BCUT2D eigenvalue weighted by Crippen LogP contribution is -2.54. The number of amides is 4. The average molecular weight is 459 g/mol. The predicted octanol–water partition coefficient (Wildman–Crippen LogP) is 1.41. The molecule has 5 rings (SSSR count). The molecule has 8 nitrogen and oxygen atoms in total. The Morgan fingerprint density at radius 2 is 2.12 bits per heavy atom. The normalized spacial score (nSPS) is 21.1. The van der Waals surface area contributed by atoms with E-state index in [1.54, 1.807) is 36.4 Å². The van der Waals surface area contributed by atoms with Gasteiger partial charge in [0.05, 0.1) is 19.0 Å². The number of benzene rings is 1. The monoisotopic (exact) mass is 458 g/mol. The van der Waals surface area contributed by atoms with Gasteiger partial charge in [-0.1, -0.05) is 36.4 Å². The number of imide groups is 1. The maximum atomic E-state index is 13.0. The quantitative estimate of drug-likeness (QED) is 0.504. The molecule has 0 unspecified atom stereocenters. The highest BCUT2D eigenvalue weighted by atomic mass is 16.5. The van der Waals surface area contributed by atoms with E-state index < -0.39 is 17.5 Å². The zero-order chi connectivity index (χ0) is 23.7. The number of fused-ring (bicyclic) bond motifs is 2. The predicted molar refractivity (Wildman–Crippen MR) is 128 cm³/mol. The van der Waals surface area contributed by atoms with E-state index in [0.29, 0.717) is 24.3 Å². The third-order valence-corrected chi connectivity index (χ3v) is 6.26. The van der Waals surface area contributed by atoms with E-state index in [9.17, 15) is 14.4 Å². The highest BCUT2D eigenvalue weighted by molar-refractivity contribution is 6.09. The number of carbonyl (C=O) groups excluding carboxylic acids is 3. The van der Waals surface area contributed by atoms with E-state index in [1.165, 1.54) is 0 Å². The van der Waals surface area contributed by atoms with Gasteiger partial charge in [0.15, 0.2) is 5.54 Å². The molecule has 0 bridgehead atoms. The molecular weight excluding hydrogens is 432 g/mol. The van der Waals surface area contributed by atoms with Crippen molar-refractivity contribution in [1.82, 2.24) is 20.5 Å². The molecule has 1 atom stereocenters. The van der Waals surface area contributed by atoms with Gasteiger partial charge >= 0.3 is 6.03 Å². The maximum Gasteiger partial charge on any atom is 0.322 e. The van der Waals surface area contributed by atoms with Crippen LogP contribution in [0.4, 0.5) is 4.79 Å². The van der Waals surface area contributed by atoms with Crippen LogP contribution < -0.4 is 25.9 Å². The summed E-state index contributed by atoms with van der Waals surface area (Å²) in [6.07, 6.45) is 12.9. The summed E-state index contributed by atoms with van der Waals surface area (Å²) in [5.74, 6) is -0.0794. The second kappa shape index (κ2) is 8.62. The molecule has 0 radical (unpaired) electrons. The van der Waals surface area contributed by atoms with Gasteiger partial charge in [0.1, 0.15) is 5.75 Å². The number of ether oxygens (including phenoxy) is 1. The third-order valence-electron chi connectivity index (χ3n) is 6.26. The number of carbonyl (C=O) groups is 3. The Hall–Kier alpha value is -4.20. The first kappa shape index (κ1) is 21.6. The van der Waals surface area contributed by atoms with Gasteiger partial charge < -0.3 is 15.0 Å². The lowest BCUT2D eigenvalue weighted by molar-refractivity contribution is -0.122. The summed E-state index contributed by atoms with van der Waals surface area (Å²) in [6.45, 7) is 0.385. The molecule has 3 heterocycles. The van der Waals surface area contributed by atoms with Crippen LogP contribution >= 0.6 is 0 Å². The van der Waals surface area contributed by atoms with Gasteiger partial charge in [-0.2, -0.15) is 0 Å². The number of nitrogens with zero attached hydrogens (tertiary/aromatic N) is 2. The lowest BCUT2D eigenvalue weighted by Gasteiger charge is -2.28. The molecule has 3 aliphatic rings. The minimum Gasteiger partial charge on any atom is -0.497 e. The van der Waals surface area contributed by atoms with E-state index in [2.05, 4.69) is 33.8 Å². The number of methoxy groups -OCH3 is 1. The highest BCUT2D eigenvalue weighted by Crippen LogP contribution is 2.29. The molecule has 2 N–H and O–H groups in total. The molecule has 1 fully saturated rings. The summed E-state index contributed by atoms with van der Waals surface area (Å²) in [5, 5.41) is 7.03. The molecule has 2 aromatic rings.